The Morgan fingerprint density at radius 1 is 1.07 bits per heavy atom. The Morgan fingerprint density at radius 3 is 2.48 bits per heavy atom. The minimum atomic E-state index is -4.49. The molecule has 3 aromatic rings. The Balaban J connectivity index is 1.91. The lowest BCUT2D eigenvalue weighted by molar-refractivity contribution is -0.137. The van der Waals surface area contributed by atoms with Gasteiger partial charge in [0.1, 0.15) is 12.1 Å². The van der Waals surface area contributed by atoms with Crippen molar-refractivity contribution in [3.8, 4) is 17.1 Å². The summed E-state index contributed by atoms with van der Waals surface area (Å²) in [6, 6.07) is 13.1. The molecule has 0 unspecified atom stereocenters. The first-order valence-corrected chi connectivity index (χ1v) is 8.35. The maximum absolute atomic E-state index is 13.2. The minimum Gasteiger partial charge on any atom is -0.491 e. The zero-order chi connectivity index (χ0) is 19.4. The van der Waals surface area contributed by atoms with Crippen LogP contribution >= 0.6 is 0 Å². The van der Waals surface area contributed by atoms with E-state index in [-0.39, 0.29) is 23.2 Å². The van der Waals surface area contributed by atoms with E-state index >= 15 is 0 Å². The lowest BCUT2D eigenvalue weighted by Crippen LogP contribution is -2.09. The molecule has 0 spiro atoms. The fraction of sp³-hybridized carbons (Fsp3) is 0.200. The first kappa shape index (κ1) is 18.7. The normalized spacial score (nSPS) is 12.1. The average Bonchev–Trinajstić information content (AvgIpc) is 3.08. The largest absolute Gasteiger partial charge is 0.491 e. The Labute approximate surface area is 154 Å². The molecule has 0 aliphatic carbocycles. The van der Waals surface area contributed by atoms with Gasteiger partial charge in [0.15, 0.2) is 5.82 Å². The molecule has 0 aliphatic heterocycles. The number of ether oxygens (including phenoxy) is 1. The average molecular weight is 373 g/mol. The third-order valence-electron chi connectivity index (χ3n) is 3.59. The second-order valence-electron chi connectivity index (χ2n) is 6.19. The van der Waals surface area contributed by atoms with E-state index in [2.05, 4.69) is 10.1 Å². The summed E-state index contributed by atoms with van der Waals surface area (Å²) in [5.74, 6) is 0.318. The number of halogens is 3. The topological polar surface area (TPSA) is 39.9 Å². The van der Waals surface area contributed by atoms with Gasteiger partial charge in [-0.05, 0) is 43.7 Å². The van der Waals surface area contributed by atoms with E-state index < -0.39 is 11.7 Å². The molecular weight excluding hydrogens is 355 g/mol. The van der Waals surface area contributed by atoms with Gasteiger partial charge in [0, 0.05) is 11.8 Å². The van der Waals surface area contributed by atoms with Gasteiger partial charge >= 0.3 is 6.18 Å². The molecule has 0 bridgehead atoms. The van der Waals surface area contributed by atoms with Crippen LogP contribution in [0.5, 0.6) is 5.75 Å². The standard InChI is InChI=1S/C20H18F3N3O/c1-14(2)27-18-11-16(10-17(12-18)20(21,22)23)19-24-13-26(25-19)9-8-15-6-4-3-5-7-15/h3-14H,1-2H3/b9-8-. The van der Waals surface area contributed by atoms with Crippen LogP contribution in [0.1, 0.15) is 25.0 Å². The second-order valence-corrected chi connectivity index (χ2v) is 6.19. The molecule has 4 nitrogen and oxygen atoms in total. The number of nitrogens with zero attached hydrogens (tertiary/aromatic N) is 3. The van der Waals surface area contributed by atoms with Crippen molar-refractivity contribution in [3.05, 3.63) is 66.0 Å². The molecule has 0 fully saturated rings. The van der Waals surface area contributed by atoms with Gasteiger partial charge in [0.25, 0.3) is 0 Å². The molecular formula is C20H18F3N3O. The third kappa shape index (κ3) is 4.97. The highest BCUT2D eigenvalue weighted by Crippen LogP contribution is 2.35. The lowest BCUT2D eigenvalue weighted by Gasteiger charge is -2.14. The van der Waals surface area contributed by atoms with Crippen molar-refractivity contribution < 1.29 is 17.9 Å². The molecule has 7 heteroatoms. The fourth-order valence-corrected chi connectivity index (χ4v) is 2.44. The molecule has 3 rings (SSSR count). The van der Waals surface area contributed by atoms with Crippen molar-refractivity contribution in [1.29, 1.82) is 0 Å². The smallest absolute Gasteiger partial charge is 0.416 e. The maximum Gasteiger partial charge on any atom is 0.416 e. The molecule has 0 aliphatic rings. The van der Waals surface area contributed by atoms with Crippen LogP contribution in [0.4, 0.5) is 13.2 Å². The van der Waals surface area contributed by atoms with Crippen LogP contribution < -0.4 is 4.74 Å². The van der Waals surface area contributed by atoms with Crippen LogP contribution in [0, 0.1) is 0 Å². The molecule has 0 saturated heterocycles. The quantitative estimate of drug-likeness (QED) is 0.603. The molecule has 2 aromatic carbocycles. The van der Waals surface area contributed by atoms with Gasteiger partial charge in [0.05, 0.1) is 11.7 Å². The number of aromatic nitrogens is 3. The summed E-state index contributed by atoms with van der Waals surface area (Å²) in [5, 5.41) is 4.23. The van der Waals surface area contributed by atoms with Gasteiger partial charge < -0.3 is 4.74 Å². The molecule has 0 amide bonds. The molecule has 0 N–H and O–H groups in total. The molecule has 1 aromatic heterocycles. The summed E-state index contributed by atoms with van der Waals surface area (Å²) in [5.41, 5.74) is 0.417. The number of rotatable bonds is 5. The number of alkyl halides is 3. The Kier molecular flexibility index (Phi) is 5.30. The highest BCUT2D eigenvalue weighted by atomic mass is 19.4. The second kappa shape index (κ2) is 7.65. The summed E-state index contributed by atoms with van der Waals surface area (Å²) in [6.45, 7) is 3.50. The van der Waals surface area contributed by atoms with Crippen molar-refractivity contribution >= 4 is 12.3 Å². The lowest BCUT2D eigenvalue weighted by atomic mass is 10.1. The summed E-state index contributed by atoms with van der Waals surface area (Å²) >= 11 is 0. The molecule has 27 heavy (non-hydrogen) atoms. The Hall–Kier alpha value is -3.09. The van der Waals surface area contributed by atoms with Crippen LogP contribution in [-0.2, 0) is 6.18 Å². The Morgan fingerprint density at radius 2 is 1.81 bits per heavy atom. The highest BCUT2D eigenvalue weighted by molar-refractivity contribution is 5.62. The monoisotopic (exact) mass is 373 g/mol. The predicted octanol–water partition coefficient (Wildman–Crippen LogP) is 5.38. The Bertz CT molecular complexity index is 931. The van der Waals surface area contributed by atoms with E-state index in [9.17, 15) is 13.2 Å². The summed E-state index contributed by atoms with van der Waals surface area (Å²) in [4.78, 5) is 4.12. The molecule has 0 saturated carbocycles. The SMILES string of the molecule is CC(C)Oc1cc(-c2ncn(/C=C\c3ccccc3)n2)cc(C(F)(F)F)c1. The van der Waals surface area contributed by atoms with Gasteiger partial charge in [-0.2, -0.15) is 13.2 Å². The molecule has 140 valence electrons. The van der Waals surface area contributed by atoms with Crippen LogP contribution in [-0.4, -0.2) is 20.9 Å². The van der Waals surface area contributed by atoms with Crippen LogP contribution in [0.15, 0.2) is 54.9 Å². The molecule has 0 radical (unpaired) electrons. The number of hydrogen-bond donors (Lipinski definition) is 0. The minimum absolute atomic E-state index is 0.131. The van der Waals surface area contributed by atoms with Gasteiger partial charge in [-0.1, -0.05) is 30.3 Å². The first-order chi connectivity index (χ1) is 12.8. The van der Waals surface area contributed by atoms with E-state index in [1.165, 1.54) is 17.1 Å². The van der Waals surface area contributed by atoms with Crippen molar-refractivity contribution in [2.45, 2.75) is 26.1 Å². The third-order valence-corrected chi connectivity index (χ3v) is 3.59. The van der Waals surface area contributed by atoms with E-state index in [0.717, 1.165) is 17.7 Å². The summed E-state index contributed by atoms with van der Waals surface area (Å²) < 4.78 is 46.5. The first-order valence-electron chi connectivity index (χ1n) is 8.35. The van der Waals surface area contributed by atoms with Crippen molar-refractivity contribution in [2.24, 2.45) is 0 Å². The van der Waals surface area contributed by atoms with Crippen LogP contribution in [0.2, 0.25) is 0 Å². The van der Waals surface area contributed by atoms with Crippen LogP contribution in [0.3, 0.4) is 0 Å². The van der Waals surface area contributed by atoms with E-state index in [0.29, 0.717) is 0 Å². The summed E-state index contributed by atoms with van der Waals surface area (Å²) in [7, 11) is 0. The number of hydrogen-bond acceptors (Lipinski definition) is 3. The van der Waals surface area contributed by atoms with Gasteiger partial charge in [-0.3, -0.25) is 0 Å². The molecule has 1 heterocycles. The van der Waals surface area contributed by atoms with Gasteiger partial charge in [-0.15, -0.1) is 5.10 Å². The fourth-order valence-electron chi connectivity index (χ4n) is 2.44. The van der Waals surface area contributed by atoms with Gasteiger partial charge in [0.2, 0.25) is 0 Å². The maximum atomic E-state index is 13.2. The van der Waals surface area contributed by atoms with Gasteiger partial charge in [-0.25, -0.2) is 9.67 Å². The van der Waals surface area contributed by atoms with Crippen molar-refractivity contribution in [2.75, 3.05) is 0 Å². The van der Waals surface area contributed by atoms with E-state index in [1.807, 2.05) is 36.4 Å². The molecule has 0 atom stereocenters. The highest BCUT2D eigenvalue weighted by Gasteiger charge is 2.32. The van der Waals surface area contributed by atoms with Crippen LogP contribution in [0.25, 0.3) is 23.7 Å². The zero-order valence-electron chi connectivity index (χ0n) is 14.8. The van der Waals surface area contributed by atoms with E-state index in [4.69, 9.17) is 4.74 Å². The van der Waals surface area contributed by atoms with Crippen molar-refractivity contribution in [3.63, 3.8) is 0 Å². The zero-order valence-corrected chi connectivity index (χ0v) is 14.8. The van der Waals surface area contributed by atoms with E-state index in [1.54, 1.807) is 20.0 Å². The van der Waals surface area contributed by atoms with Crippen molar-refractivity contribution in [1.82, 2.24) is 14.8 Å². The summed E-state index contributed by atoms with van der Waals surface area (Å²) in [6.07, 6.45) is 0.225. The number of benzene rings is 2. The predicted molar refractivity (Wildman–Crippen MR) is 97.9 cm³/mol.